The topological polar surface area (TPSA) is 42.3 Å². The molecule has 1 aliphatic rings. The van der Waals surface area contributed by atoms with Gasteiger partial charge in [-0.25, -0.2) is 0 Å². The molecule has 3 aromatic carbocycles. The van der Waals surface area contributed by atoms with E-state index in [0.717, 1.165) is 40.0 Å². The summed E-state index contributed by atoms with van der Waals surface area (Å²) in [5.41, 5.74) is 6.54. The maximum absolute atomic E-state index is 6.08. The number of para-hydroxylation sites is 1. The lowest BCUT2D eigenvalue weighted by Gasteiger charge is -2.29. The van der Waals surface area contributed by atoms with E-state index < -0.39 is 0 Å². The monoisotopic (exact) mass is 516 g/mol. The number of aromatic nitrogens is 2. The van der Waals surface area contributed by atoms with Crippen molar-refractivity contribution in [3.63, 3.8) is 0 Å². The molecule has 1 fully saturated rings. The van der Waals surface area contributed by atoms with Crippen molar-refractivity contribution in [1.82, 2.24) is 14.9 Å². The highest BCUT2D eigenvalue weighted by atomic mass is 32.1. The largest absolute Gasteiger partial charge is 0.457 e. The van der Waals surface area contributed by atoms with Gasteiger partial charge in [-0.1, -0.05) is 42.0 Å². The van der Waals surface area contributed by atoms with E-state index in [0.29, 0.717) is 5.11 Å². The highest BCUT2D eigenvalue weighted by Crippen LogP contribution is 2.43. The molecule has 0 radical (unpaired) electrons. The van der Waals surface area contributed by atoms with Crippen LogP contribution in [0.3, 0.4) is 0 Å². The van der Waals surface area contributed by atoms with Gasteiger partial charge in [0.1, 0.15) is 17.5 Å². The fraction of sp³-hybridized carbons (Fsp3) is 0.125. The molecule has 0 amide bonds. The highest BCUT2D eigenvalue weighted by Gasteiger charge is 2.42. The Morgan fingerprint density at radius 2 is 1.42 bits per heavy atom. The van der Waals surface area contributed by atoms with Crippen molar-refractivity contribution in [2.45, 2.75) is 25.9 Å². The summed E-state index contributed by atoms with van der Waals surface area (Å²) in [6.45, 7) is 4.20. The lowest BCUT2D eigenvalue weighted by molar-refractivity contribution is 0.482. The van der Waals surface area contributed by atoms with Crippen LogP contribution in [0.1, 0.15) is 34.7 Å². The average Bonchev–Trinajstić information content (AvgIpc) is 3.50. The number of nitrogens with one attached hydrogen (secondary N) is 1. The van der Waals surface area contributed by atoms with Crippen molar-refractivity contribution >= 4 is 23.0 Å². The van der Waals surface area contributed by atoms with E-state index in [1.165, 1.54) is 5.56 Å². The van der Waals surface area contributed by atoms with Crippen LogP contribution in [0.4, 0.5) is 5.69 Å². The summed E-state index contributed by atoms with van der Waals surface area (Å²) in [6, 6.07) is 36.7. The van der Waals surface area contributed by atoms with Crippen LogP contribution in [-0.2, 0) is 0 Å². The summed E-state index contributed by atoms with van der Waals surface area (Å²) in [7, 11) is 0. The third-order valence-corrected chi connectivity index (χ3v) is 7.21. The van der Waals surface area contributed by atoms with Gasteiger partial charge in [-0.05, 0) is 98.9 Å². The van der Waals surface area contributed by atoms with E-state index in [-0.39, 0.29) is 12.1 Å². The fourth-order valence-corrected chi connectivity index (χ4v) is 5.42. The molecule has 0 unspecified atom stereocenters. The Morgan fingerprint density at radius 1 is 0.737 bits per heavy atom. The average molecular weight is 517 g/mol. The molecule has 6 heteroatoms. The second-order valence-corrected chi connectivity index (χ2v) is 9.86. The molecule has 5 nitrogen and oxygen atoms in total. The number of nitrogens with zero attached hydrogens (tertiary/aromatic N) is 3. The molecule has 0 aliphatic carbocycles. The minimum atomic E-state index is -0.121. The molecule has 5 aromatic rings. The van der Waals surface area contributed by atoms with E-state index in [2.05, 4.69) is 83.2 Å². The van der Waals surface area contributed by atoms with Gasteiger partial charge in [0.15, 0.2) is 5.11 Å². The van der Waals surface area contributed by atoms with Gasteiger partial charge in [0.05, 0.1) is 11.7 Å². The Morgan fingerprint density at radius 3 is 2.11 bits per heavy atom. The summed E-state index contributed by atoms with van der Waals surface area (Å²) in [5.74, 6) is 1.59. The second-order valence-electron chi connectivity index (χ2n) is 9.48. The van der Waals surface area contributed by atoms with Crippen molar-refractivity contribution in [1.29, 1.82) is 0 Å². The Bertz CT molecular complexity index is 1550. The number of benzene rings is 3. The highest BCUT2D eigenvalue weighted by molar-refractivity contribution is 7.80. The molecule has 1 aliphatic heterocycles. The van der Waals surface area contributed by atoms with Crippen LogP contribution in [0.15, 0.2) is 115 Å². The standard InChI is InChI=1S/C32H28N4OS/c1-22-11-16-26(17-12-22)37-27-18-14-25(15-19-27)36-31(30(34-32(36)38)28-10-6-7-21-33-28)29-20-13-23(2)35(29)24-8-4-3-5-9-24/h3-21,30-31H,1-2H3,(H,34,38)/t30-,31-/m1/s1. The molecule has 3 heterocycles. The number of hydrogen-bond acceptors (Lipinski definition) is 3. The van der Waals surface area contributed by atoms with Gasteiger partial charge in [0, 0.05) is 29.0 Å². The smallest absolute Gasteiger partial charge is 0.174 e. The summed E-state index contributed by atoms with van der Waals surface area (Å²) in [6.07, 6.45) is 1.83. The first kappa shape index (κ1) is 23.9. The Kier molecular flexibility index (Phi) is 6.40. The molecule has 2 atom stereocenters. The van der Waals surface area contributed by atoms with E-state index in [1.807, 2.05) is 60.8 Å². The second kappa shape index (κ2) is 10.1. The lowest BCUT2D eigenvalue weighted by atomic mass is 10.0. The number of ether oxygens (including phenoxy) is 1. The van der Waals surface area contributed by atoms with Crippen molar-refractivity contribution in [2.24, 2.45) is 0 Å². The Labute approximate surface area is 228 Å². The molecule has 1 N–H and O–H groups in total. The first-order chi connectivity index (χ1) is 18.6. The number of rotatable bonds is 6. The molecular weight excluding hydrogens is 488 g/mol. The van der Waals surface area contributed by atoms with Gasteiger partial charge < -0.3 is 19.5 Å². The third kappa shape index (κ3) is 4.55. The number of aryl methyl sites for hydroxylation is 2. The number of pyridine rings is 1. The summed E-state index contributed by atoms with van der Waals surface area (Å²) in [4.78, 5) is 6.89. The van der Waals surface area contributed by atoms with Crippen LogP contribution in [0.2, 0.25) is 0 Å². The molecule has 188 valence electrons. The molecule has 0 bridgehead atoms. The fourth-order valence-electron chi connectivity index (χ4n) is 5.07. The van der Waals surface area contributed by atoms with Gasteiger partial charge in [-0.2, -0.15) is 0 Å². The SMILES string of the molecule is Cc1ccc(Oc2ccc(N3C(=S)N[C@H](c4ccccn4)[C@H]3c3ccc(C)n3-c3ccccc3)cc2)cc1. The maximum atomic E-state index is 6.08. The van der Waals surface area contributed by atoms with Gasteiger partial charge in [-0.3, -0.25) is 4.98 Å². The predicted octanol–water partition coefficient (Wildman–Crippen LogP) is 7.46. The van der Waals surface area contributed by atoms with Crippen LogP contribution in [0.25, 0.3) is 5.69 Å². The van der Waals surface area contributed by atoms with Gasteiger partial charge in [-0.15, -0.1) is 0 Å². The van der Waals surface area contributed by atoms with Crippen LogP contribution in [0.5, 0.6) is 11.5 Å². The zero-order valence-electron chi connectivity index (χ0n) is 21.3. The van der Waals surface area contributed by atoms with Crippen LogP contribution in [0, 0.1) is 13.8 Å². The van der Waals surface area contributed by atoms with E-state index in [4.69, 9.17) is 21.9 Å². The first-order valence-corrected chi connectivity index (χ1v) is 13.1. The minimum Gasteiger partial charge on any atom is -0.457 e. The summed E-state index contributed by atoms with van der Waals surface area (Å²) < 4.78 is 8.38. The molecule has 38 heavy (non-hydrogen) atoms. The summed E-state index contributed by atoms with van der Waals surface area (Å²) >= 11 is 5.94. The van der Waals surface area contributed by atoms with E-state index >= 15 is 0 Å². The van der Waals surface area contributed by atoms with E-state index in [9.17, 15) is 0 Å². The van der Waals surface area contributed by atoms with Crippen molar-refractivity contribution in [3.8, 4) is 17.2 Å². The molecule has 0 spiro atoms. The normalized spacial score (nSPS) is 16.9. The molecule has 6 rings (SSSR count). The molecular formula is C32H28N4OS. The van der Waals surface area contributed by atoms with Crippen molar-refractivity contribution in [3.05, 3.63) is 138 Å². The van der Waals surface area contributed by atoms with E-state index in [1.54, 1.807) is 0 Å². The Hall–Kier alpha value is -4.42. The number of hydrogen-bond donors (Lipinski definition) is 1. The zero-order valence-corrected chi connectivity index (χ0v) is 22.1. The predicted molar refractivity (Wildman–Crippen MR) is 156 cm³/mol. The molecule has 2 aromatic heterocycles. The van der Waals surface area contributed by atoms with Crippen LogP contribution < -0.4 is 15.0 Å². The van der Waals surface area contributed by atoms with Crippen molar-refractivity contribution in [2.75, 3.05) is 4.90 Å². The number of anilines is 1. The maximum Gasteiger partial charge on any atom is 0.174 e. The van der Waals surface area contributed by atoms with Crippen molar-refractivity contribution < 1.29 is 4.74 Å². The van der Waals surface area contributed by atoms with Gasteiger partial charge in [0.25, 0.3) is 0 Å². The number of thiocarbonyl (C=S) groups is 1. The van der Waals surface area contributed by atoms with Gasteiger partial charge in [0.2, 0.25) is 0 Å². The zero-order chi connectivity index (χ0) is 26.1. The Balaban J connectivity index is 1.41. The first-order valence-electron chi connectivity index (χ1n) is 12.7. The van der Waals surface area contributed by atoms with Gasteiger partial charge >= 0.3 is 0 Å². The van der Waals surface area contributed by atoms with Crippen LogP contribution >= 0.6 is 12.2 Å². The summed E-state index contributed by atoms with van der Waals surface area (Å²) in [5, 5.41) is 4.23. The lowest BCUT2D eigenvalue weighted by Crippen LogP contribution is -2.30. The third-order valence-electron chi connectivity index (χ3n) is 6.89. The quantitative estimate of drug-likeness (QED) is 0.237. The molecule has 0 saturated carbocycles. The van der Waals surface area contributed by atoms with Crippen LogP contribution in [-0.4, -0.2) is 14.7 Å². The molecule has 1 saturated heterocycles. The minimum absolute atomic E-state index is 0.116.